The van der Waals surface area contributed by atoms with E-state index in [0.29, 0.717) is 28.6 Å². The number of benzene rings is 3. The average molecular weight is 463 g/mol. The first kappa shape index (κ1) is 22.4. The predicted octanol–water partition coefficient (Wildman–Crippen LogP) is 5.25. The fraction of sp³-hybridized carbons (Fsp3) is 0.154. The Morgan fingerprint density at radius 1 is 0.970 bits per heavy atom. The second-order valence-electron chi connectivity index (χ2n) is 7.36. The summed E-state index contributed by atoms with van der Waals surface area (Å²) in [6.07, 6.45) is 0. The third kappa shape index (κ3) is 5.18. The van der Waals surface area contributed by atoms with Crippen LogP contribution < -0.4 is 15.4 Å². The summed E-state index contributed by atoms with van der Waals surface area (Å²) in [5, 5.41) is 6.25. The van der Waals surface area contributed by atoms with Gasteiger partial charge >= 0.3 is 12.0 Å². The minimum absolute atomic E-state index is 0.222. The standard InChI is InChI=1S/C26H23ClN2O4/c1-2-32-25(30)22-23(17-8-4-3-5-9-17)28-26(31)29-24(22)18-12-14-20(15-13-18)33-16-19-10-6-7-11-21(19)27/h3-15,24H,2,16H2,1H3,(H2,28,29,31)/t24-/m0/s1. The summed E-state index contributed by atoms with van der Waals surface area (Å²) in [6, 6.07) is 22.9. The van der Waals surface area contributed by atoms with Crippen molar-refractivity contribution in [2.45, 2.75) is 19.6 Å². The van der Waals surface area contributed by atoms with Gasteiger partial charge < -0.3 is 20.1 Å². The van der Waals surface area contributed by atoms with Crippen LogP contribution in [0.3, 0.4) is 0 Å². The maximum atomic E-state index is 12.9. The summed E-state index contributed by atoms with van der Waals surface area (Å²) in [7, 11) is 0. The van der Waals surface area contributed by atoms with Crippen LogP contribution in [-0.4, -0.2) is 18.6 Å². The Kier molecular flexibility index (Phi) is 6.95. The van der Waals surface area contributed by atoms with Crippen LogP contribution in [-0.2, 0) is 16.1 Å². The Labute approximate surface area is 197 Å². The molecule has 0 bridgehead atoms. The van der Waals surface area contributed by atoms with Crippen molar-refractivity contribution in [2.24, 2.45) is 0 Å². The van der Waals surface area contributed by atoms with E-state index in [-0.39, 0.29) is 6.61 Å². The lowest BCUT2D eigenvalue weighted by Gasteiger charge is -2.29. The Balaban J connectivity index is 1.63. The molecule has 33 heavy (non-hydrogen) atoms. The molecule has 2 amide bonds. The first-order chi connectivity index (χ1) is 16.1. The summed E-state index contributed by atoms with van der Waals surface area (Å²) in [6.45, 7) is 2.30. The topological polar surface area (TPSA) is 76.7 Å². The molecule has 4 rings (SSSR count). The van der Waals surface area contributed by atoms with Gasteiger partial charge in [0.1, 0.15) is 12.4 Å². The Hall–Kier alpha value is -3.77. The molecule has 1 atom stereocenters. The van der Waals surface area contributed by atoms with E-state index in [1.165, 1.54) is 0 Å². The maximum absolute atomic E-state index is 12.9. The molecule has 2 N–H and O–H groups in total. The van der Waals surface area contributed by atoms with Crippen molar-refractivity contribution in [1.29, 1.82) is 0 Å². The molecule has 7 heteroatoms. The number of carbonyl (C=O) groups is 2. The second-order valence-corrected chi connectivity index (χ2v) is 7.76. The van der Waals surface area contributed by atoms with Crippen LogP contribution in [0.15, 0.2) is 84.4 Å². The molecular formula is C26H23ClN2O4. The van der Waals surface area contributed by atoms with Gasteiger partial charge in [0.15, 0.2) is 0 Å². The fourth-order valence-corrected chi connectivity index (χ4v) is 3.80. The molecule has 6 nitrogen and oxygen atoms in total. The van der Waals surface area contributed by atoms with Gasteiger partial charge in [-0.25, -0.2) is 9.59 Å². The largest absolute Gasteiger partial charge is 0.489 e. The van der Waals surface area contributed by atoms with Crippen molar-refractivity contribution in [3.05, 3.63) is 106 Å². The van der Waals surface area contributed by atoms with Gasteiger partial charge in [-0.05, 0) is 36.2 Å². The number of rotatable bonds is 7. The number of carbonyl (C=O) groups excluding carboxylic acids is 2. The molecule has 0 fully saturated rings. The zero-order chi connectivity index (χ0) is 23.2. The number of halogens is 1. The molecular weight excluding hydrogens is 440 g/mol. The smallest absolute Gasteiger partial charge is 0.338 e. The maximum Gasteiger partial charge on any atom is 0.338 e. The van der Waals surface area contributed by atoms with Gasteiger partial charge in [0.2, 0.25) is 0 Å². The molecule has 168 valence electrons. The summed E-state index contributed by atoms with van der Waals surface area (Å²) >= 11 is 6.19. The summed E-state index contributed by atoms with van der Waals surface area (Å²) in [4.78, 5) is 25.4. The van der Waals surface area contributed by atoms with Crippen LogP contribution in [0.5, 0.6) is 5.75 Å². The first-order valence-electron chi connectivity index (χ1n) is 10.6. The minimum atomic E-state index is -0.675. The molecule has 0 saturated heterocycles. The highest BCUT2D eigenvalue weighted by atomic mass is 35.5. The van der Waals surface area contributed by atoms with Crippen LogP contribution in [0.4, 0.5) is 4.79 Å². The highest BCUT2D eigenvalue weighted by Gasteiger charge is 2.34. The fourth-order valence-electron chi connectivity index (χ4n) is 3.61. The molecule has 1 aliphatic rings. The molecule has 0 spiro atoms. The Bertz CT molecular complexity index is 1180. The van der Waals surface area contributed by atoms with E-state index >= 15 is 0 Å². The summed E-state index contributed by atoms with van der Waals surface area (Å²) < 4.78 is 11.2. The van der Waals surface area contributed by atoms with Gasteiger partial charge in [-0.15, -0.1) is 0 Å². The monoisotopic (exact) mass is 462 g/mol. The zero-order valence-corrected chi connectivity index (χ0v) is 18.8. The molecule has 1 heterocycles. The van der Waals surface area contributed by atoms with Crippen LogP contribution >= 0.6 is 11.6 Å². The van der Waals surface area contributed by atoms with E-state index in [0.717, 1.165) is 16.7 Å². The lowest BCUT2D eigenvalue weighted by Crippen LogP contribution is -2.45. The summed E-state index contributed by atoms with van der Waals surface area (Å²) in [5.41, 5.74) is 3.11. The van der Waals surface area contributed by atoms with Crippen molar-refractivity contribution >= 4 is 29.3 Å². The van der Waals surface area contributed by atoms with Gasteiger partial charge in [0.25, 0.3) is 0 Å². The normalized spacial score (nSPS) is 15.5. The minimum Gasteiger partial charge on any atom is -0.489 e. The number of esters is 1. The van der Waals surface area contributed by atoms with Crippen LogP contribution in [0, 0.1) is 0 Å². The zero-order valence-electron chi connectivity index (χ0n) is 18.0. The number of urea groups is 1. The van der Waals surface area contributed by atoms with Gasteiger partial charge in [0.05, 0.1) is 23.9 Å². The predicted molar refractivity (Wildman–Crippen MR) is 127 cm³/mol. The highest BCUT2D eigenvalue weighted by Crippen LogP contribution is 2.33. The number of amides is 2. The molecule has 1 aliphatic heterocycles. The van der Waals surface area contributed by atoms with Crippen molar-refractivity contribution in [2.75, 3.05) is 6.61 Å². The van der Waals surface area contributed by atoms with E-state index < -0.39 is 18.0 Å². The molecule has 0 aromatic heterocycles. The van der Waals surface area contributed by atoms with Crippen molar-refractivity contribution in [1.82, 2.24) is 10.6 Å². The first-order valence-corrected chi connectivity index (χ1v) is 10.9. The quantitative estimate of drug-likeness (QED) is 0.470. The lowest BCUT2D eigenvalue weighted by molar-refractivity contribution is -0.138. The molecule has 0 aliphatic carbocycles. The van der Waals surface area contributed by atoms with Crippen molar-refractivity contribution < 1.29 is 19.1 Å². The van der Waals surface area contributed by atoms with Crippen molar-refractivity contribution in [3.8, 4) is 5.75 Å². The number of hydrogen-bond acceptors (Lipinski definition) is 4. The van der Waals surface area contributed by atoms with Crippen LogP contribution in [0.1, 0.15) is 29.7 Å². The SMILES string of the molecule is CCOC(=O)C1=C(c2ccccc2)NC(=O)N[C@H]1c1ccc(OCc2ccccc2Cl)cc1. The molecule has 3 aromatic carbocycles. The van der Waals surface area contributed by atoms with Crippen molar-refractivity contribution in [3.63, 3.8) is 0 Å². The van der Waals surface area contributed by atoms with E-state index in [1.807, 2.05) is 66.7 Å². The van der Waals surface area contributed by atoms with E-state index in [4.69, 9.17) is 21.1 Å². The van der Waals surface area contributed by atoms with Gasteiger partial charge in [-0.3, -0.25) is 0 Å². The lowest BCUT2D eigenvalue weighted by atomic mass is 9.92. The second kappa shape index (κ2) is 10.2. The van der Waals surface area contributed by atoms with Crippen LogP contribution in [0.25, 0.3) is 5.70 Å². The summed E-state index contributed by atoms with van der Waals surface area (Å²) in [5.74, 6) is 0.150. The van der Waals surface area contributed by atoms with E-state index in [2.05, 4.69) is 10.6 Å². The third-order valence-corrected chi connectivity index (χ3v) is 5.56. The average Bonchev–Trinajstić information content (AvgIpc) is 2.84. The van der Waals surface area contributed by atoms with Gasteiger partial charge in [0, 0.05) is 10.6 Å². The van der Waals surface area contributed by atoms with Crippen LogP contribution in [0.2, 0.25) is 5.02 Å². The molecule has 3 aromatic rings. The third-order valence-electron chi connectivity index (χ3n) is 5.20. The van der Waals surface area contributed by atoms with Gasteiger partial charge in [-0.1, -0.05) is 72.3 Å². The Morgan fingerprint density at radius 3 is 2.36 bits per heavy atom. The number of nitrogens with one attached hydrogen (secondary N) is 2. The Morgan fingerprint density at radius 2 is 1.67 bits per heavy atom. The number of ether oxygens (including phenoxy) is 2. The molecule has 0 saturated carbocycles. The van der Waals surface area contributed by atoms with E-state index in [9.17, 15) is 9.59 Å². The van der Waals surface area contributed by atoms with E-state index in [1.54, 1.807) is 19.1 Å². The highest BCUT2D eigenvalue weighted by molar-refractivity contribution is 6.31. The van der Waals surface area contributed by atoms with Gasteiger partial charge in [-0.2, -0.15) is 0 Å². The molecule has 0 unspecified atom stereocenters. The molecule has 0 radical (unpaired) electrons. The number of hydrogen-bond donors (Lipinski definition) is 2.